The maximum Gasteiger partial charge on any atom is 0.316 e. The van der Waals surface area contributed by atoms with Crippen molar-refractivity contribution in [1.29, 1.82) is 0 Å². The van der Waals surface area contributed by atoms with E-state index in [9.17, 15) is 14.4 Å². The molecule has 0 spiro atoms. The maximum absolute atomic E-state index is 11.8. The van der Waals surface area contributed by atoms with Gasteiger partial charge in [0.05, 0.1) is 37.1 Å². The van der Waals surface area contributed by atoms with Crippen LogP contribution in [0.2, 0.25) is 0 Å². The molecule has 0 aliphatic rings. The number of carbonyl (C=O) groups is 3. The van der Waals surface area contributed by atoms with Gasteiger partial charge >= 0.3 is 17.9 Å². The van der Waals surface area contributed by atoms with Crippen LogP contribution in [0.4, 0.5) is 0 Å². The highest BCUT2D eigenvalue weighted by molar-refractivity contribution is 8.23. The number of aliphatic hydroxyl groups excluding tert-OH is 2. The van der Waals surface area contributed by atoms with Gasteiger partial charge in [-0.25, -0.2) is 9.78 Å². The topological polar surface area (TPSA) is 138 Å². The van der Waals surface area contributed by atoms with E-state index in [1.54, 1.807) is 106 Å². The molecule has 0 saturated heterocycles. The molecule has 0 aliphatic heterocycles. The summed E-state index contributed by atoms with van der Waals surface area (Å²) in [6, 6.07) is 0. The van der Waals surface area contributed by atoms with Gasteiger partial charge in [0.2, 0.25) is 0 Å². The number of hydrogen-bond acceptors (Lipinski definition) is 21. The molecular formula is C24H44O10S11. The molecular weight excluding hydrogens is 801 g/mol. The van der Waals surface area contributed by atoms with Gasteiger partial charge < -0.3 is 24.4 Å². The van der Waals surface area contributed by atoms with Gasteiger partial charge in [0, 0.05) is 59.3 Å². The Morgan fingerprint density at radius 1 is 0.400 bits per heavy atom. The zero-order chi connectivity index (χ0) is 32.9. The minimum atomic E-state index is -0.224. The van der Waals surface area contributed by atoms with E-state index < -0.39 is 0 Å². The lowest BCUT2D eigenvalue weighted by Gasteiger charge is -2.06. The largest absolute Gasteiger partial charge is 0.464 e. The minimum Gasteiger partial charge on any atom is -0.464 e. The molecule has 0 heterocycles. The summed E-state index contributed by atoms with van der Waals surface area (Å²) in [7, 11) is 0. The molecule has 0 aromatic rings. The van der Waals surface area contributed by atoms with E-state index in [4.69, 9.17) is 34.2 Å². The van der Waals surface area contributed by atoms with Crippen LogP contribution in [-0.2, 0) is 38.4 Å². The Bertz CT molecular complexity index is 690. The number of aliphatic hydroxyl groups is 2. The van der Waals surface area contributed by atoms with Crippen LogP contribution >= 0.6 is 129 Å². The average Bonchev–Trinajstić information content (AvgIpc) is 3.03. The van der Waals surface area contributed by atoms with Gasteiger partial charge in [0.1, 0.15) is 25.1 Å². The third-order valence-corrected chi connectivity index (χ3v) is 16.1. The summed E-state index contributed by atoms with van der Waals surface area (Å²) >= 11 is 17.8. The Balaban J connectivity index is 3.24. The Morgan fingerprint density at radius 2 is 0.822 bits per heavy atom. The fraction of sp³-hybridized carbons (Fsp3) is 0.875. The molecule has 0 fully saturated rings. The quantitative estimate of drug-likeness (QED) is 0.0211. The summed E-state index contributed by atoms with van der Waals surface area (Å²) in [5.41, 5.74) is 0. The van der Waals surface area contributed by atoms with E-state index in [1.807, 2.05) is 0 Å². The maximum atomic E-state index is 11.8. The van der Waals surface area contributed by atoms with Crippen molar-refractivity contribution in [1.82, 2.24) is 0 Å². The summed E-state index contributed by atoms with van der Waals surface area (Å²) in [5, 5.41) is 22.3. The highest BCUT2D eigenvalue weighted by Gasteiger charge is 2.06. The van der Waals surface area contributed by atoms with Gasteiger partial charge in [0.15, 0.2) is 0 Å². The van der Waals surface area contributed by atoms with Crippen LogP contribution in [-0.4, -0.2) is 150 Å². The number of esters is 3. The first kappa shape index (κ1) is 47.1. The smallest absolute Gasteiger partial charge is 0.316 e. The molecule has 0 radical (unpaired) electrons. The Kier molecular flexibility index (Phi) is 42.4. The average molecular weight is 845 g/mol. The standard InChI is InChI=1S/C24H44O10S11/c25-1-6-35-8-3-30-22(27)11-38-17-43-16-37-10-5-33-34-15-42-21-45-20-41-14-32-24(29)13-40-19-44-18-39-12-23(28)31-4-9-36-7-2-26/h25-26H,1-21H2. The second-order valence-electron chi connectivity index (χ2n) is 7.49. The number of rotatable bonds is 36. The van der Waals surface area contributed by atoms with Crippen LogP contribution in [0.25, 0.3) is 0 Å². The molecule has 0 rings (SSSR count). The molecule has 0 aliphatic carbocycles. The molecule has 0 aromatic carbocycles. The van der Waals surface area contributed by atoms with Gasteiger partial charge in [-0.05, 0) is 0 Å². The van der Waals surface area contributed by atoms with Crippen molar-refractivity contribution in [3.63, 3.8) is 0 Å². The van der Waals surface area contributed by atoms with Crippen molar-refractivity contribution in [2.45, 2.75) is 0 Å². The molecule has 21 heteroatoms. The molecule has 45 heavy (non-hydrogen) atoms. The Labute approximate surface area is 314 Å². The van der Waals surface area contributed by atoms with Gasteiger partial charge in [-0.15, -0.1) is 106 Å². The molecule has 0 unspecified atom stereocenters. The van der Waals surface area contributed by atoms with Gasteiger partial charge in [0.25, 0.3) is 0 Å². The van der Waals surface area contributed by atoms with Crippen LogP contribution in [0.3, 0.4) is 0 Å². The molecule has 2 N–H and O–H groups in total. The van der Waals surface area contributed by atoms with Crippen LogP contribution in [0, 0.1) is 0 Å². The fourth-order valence-electron chi connectivity index (χ4n) is 2.17. The number of thioether (sulfide) groups is 11. The fourth-order valence-corrected chi connectivity index (χ4v) is 12.0. The van der Waals surface area contributed by atoms with Crippen molar-refractivity contribution in [3.05, 3.63) is 0 Å². The monoisotopic (exact) mass is 844 g/mol. The lowest BCUT2D eigenvalue weighted by molar-refractivity contribution is -0.274. The molecule has 10 nitrogen and oxygen atoms in total. The van der Waals surface area contributed by atoms with Crippen molar-refractivity contribution in [3.8, 4) is 0 Å². The van der Waals surface area contributed by atoms with E-state index in [0.29, 0.717) is 72.0 Å². The first-order valence-corrected chi connectivity index (χ1v) is 26.1. The zero-order valence-electron chi connectivity index (χ0n) is 25.0. The summed E-state index contributed by atoms with van der Waals surface area (Å²) in [6.45, 7) is 1.57. The number of ether oxygens (including phenoxy) is 3. The summed E-state index contributed by atoms with van der Waals surface area (Å²) in [4.78, 5) is 45.3. The van der Waals surface area contributed by atoms with Gasteiger partial charge in [-0.2, -0.15) is 23.5 Å². The van der Waals surface area contributed by atoms with E-state index in [2.05, 4.69) is 0 Å². The first-order chi connectivity index (χ1) is 22.1. The summed E-state index contributed by atoms with van der Waals surface area (Å²) < 4.78 is 15.5. The van der Waals surface area contributed by atoms with Crippen molar-refractivity contribution < 1.29 is 48.6 Å². The molecule has 0 amide bonds. The van der Waals surface area contributed by atoms with E-state index >= 15 is 0 Å². The van der Waals surface area contributed by atoms with E-state index in [-0.39, 0.29) is 31.1 Å². The predicted octanol–water partition coefficient (Wildman–Crippen LogP) is 5.27. The van der Waals surface area contributed by atoms with Crippen molar-refractivity contribution in [2.24, 2.45) is 0 Å². The molecule has 0 bridgehead atoms. The second kappa shape index (κ2) is 40.5. The van der Waals surface area contributed by atoms with Crippen molar-refractivity contribution >= 4 is 147 Å². The molecule has 0 aromatic heterocycles. The SMILES string of the molecule is O=C(CSCSCSCCOOCSCSCSCOC(=O)CSCSCSCC(=O)OCCSCCO)OCCSCCO. The highest BCUT2D eigenvalue weighted by atomic mass is 32.2. The number of hydrogen-bond donors (Lipinski definition) is 2. The summed E-state index contributed by atoms with van der Waals surface area (Å²) in [6.07, 6.45) is 0. The first-order valence-electron chi connectivity index (χ1n) is 13.4. The van der Waals surface area contributed by atoms with Gasteiger partial charge in [-0.1, -0.05) is 0 Å². The lowest BCUT2D eigenvalue weighted by Crippen LogP contribution is -2.10. The van der Waals surface area contributed by atoms with Crippen LogP contribution in [0.1, 0.15) is 0 Å². The lowest BCUT2D eigenvalue weighted by atomic mass is 10.8. The normalized spacial score (nSPS) is 11.1. The van der Waals surface area contributed by atoms with E-state index in [0.717, 1.165) is 36.3 Å². The molecule has 0 saturated carbocycles. The number of carbonyl (C=O) groups excluding carboxylic acids is 3. The third kappa shape index (κ3) is 40.4. The summed E-state index contributed by atoms with van der Waals surface area (Å²) in [5.74, 6) is 4.72. The second-order valence-corrected chi connectivity index (χ2v) is 21.0. The predicted molar refractivity (Wildman–Crippen MR) is 211 cm³/mol. The van der Waals surface area contributed by atoms with Crippen LogP contribution in [0.5, 0.6) is 0 Å². The Hall–Kier alpha value is 2.10. The van der Waals surface area contributed by atoms with Gasteiger partial charge in [-0.3, -0.25) is 14.4 Å². The molecule has 0 atom stereocenters. The van der Waals surface area contributed by atoms with Crippen molar-refractivity contribution in [2.75, 3.05) is 121 Å². The zero-order valence-corrected chi connectivity index (χ0v) is 34.0. The van der Waals surface area contributed by atoms with E-state index in [1.165, 1.54) is 23.5 Å². The molecule has 266 valence electrons. The third-order valence-electron chi connectivity index (χ3n) is 3.94. The Morgan fingerprint density at radius 3 is 1.33 bits per heavy atom. The highest BCUT2D eigenvalue weighted by Crippen LogP contribution is 2.21. The minimum absolute atomic E-state index is 0.135. The van der Waals surface area contributed by atoms with Crippen LogP contribution in [0.15, 0.2) is 0 Å². The van der Waals surface area contributed by atoms with Crippen LogP contribution < -0.4 is 0 Å².